The third-order valence-electron chi connectivity index (χ3n) is 4.25. The van der Waals surface area contributed by atoms with Crippen LogP contribution in [-0.2, 0) is 16.1 Å². The van der Waals surface area contributed by atoms with Gasteiger partial charge in [-0.2, -0.15) is 0 Å². The second kappa shape index (κ2) is 9.94. The van der Waals surface area contributed by atoms with Gasteiger partial charge >= 0.3 is 0 Å². The van der Waals surface area contributed by atoms with Gasteiger partial charge in [0, 0.05) is 13.7 Å². The van der Waals surface area contributed by atoms with Crippen molar-refractivity contribution >= 4 is 5.91 Å². The van der Waals surface area contributed by atoms with Crippen molar-refractivity contribution in [3.8, 4) is 5.75 Å². The van der Waals surface area contributed by atoms with E-state index in [4.69, 9.17) is 15.2 Å². The molecular weight excluding hydrogens is 328 g/mol. The largest absolute Gasteiger partial charge is 0.489 e. The number of carbonyl (C=O) groups is 1. The molecule has 5 nitrogen and oxygen atoms in total. The van der Waals surface area contributed by atoms with E-state index in [1.165, 1.54) is 5.56 Å². The summed E-state index contributed by atoms with van der Waals surface area (Å²) in [6.07, 6.45) is 0.00858. The zero-order chi connectivity index (χ0) is 18.9. The van der Waals surface area contributed by atoms with E-state index >= 15 is 0 Å². The van der Waals surface area contributed by atoms with Crippen molar-refractivity contribution in [3.05, 3.63) is 65.2 Å². The Balaban J connectivity index is 1.86. The van der Waals surface area contributed by atoms with Gasteiger partial charge in [-0.3, -0.25) is 4.79 Å². The van der Waals surface area contributed by atoms with Crippen molar-refractivity contribution in [3.63, 3.8) is 0 Å². The Bertz CT molecular complexity index is 697. The molecule has 2 unspecified atom stereocenters. The molecule has 26 heavy (non-hydrogen) atoms. The summed E-state index contributed by atoms with van der Waals surface area (Å²) in [7, 11) is 1.56. The van der Waals surface area contributed by atoms with Crippen LogP contribution in [0.25, 0.3) is 0 Å². The zero-order valence-electron chi connectivity index (χ0n) is 15.7. The minimum atomic E-state index is -0.250. The molecule has 0 heterocycles. The average molecular weight is 356 g/mol. The minimum absolute atomic E-state index is 0.0745. The monoisotopic (exact) mass is 356 g/mol. The lowest BCUT2D eigenvalue weighted by molar-refractivity contribution is -0.124. The number of carbonyl (C=O) groups excluding carboxylic acids is 1. The smallest absolute Gasteiger partial charge is 0.223 e. The van der Waals surface area contributed by atoms with E-state index in [-0.39, 0.29) is 24.5 Å². The van der Waals surface area contributed by atoms with E-state index in [0.717, 1.165) is 16.9 Å². The van der Waals surface area contributed by atoms with E-state index < -0.39 is 0 Å². The summed E-state index contributed by atoms with van der Waals surface area (Å²) in [5, 5.41) is 2.96. The van der Waals surface area contributed by atoms with Gasteiger partial charge in [0.2, 0.25) is 5.91 Å². The molecule has 140 valence electrons. The summed E-state index contributed by atoms with van der Waals surface area (Å²) >= 11 is 0. The number of aryl methyl sites for hydroxylation is 1. The number of ether oxygens (including phenoxy) is 2. The van der Waals surface area contributed by atoms with Crippen LogP contribution in [-0.4, -0.2) is 25.7 Å². The highest BCUT2D eigenvalue weighted by Crippen LogP contribution is 2.19. The number of rotatable bonds is 9. The zero-order valence-corrected chi connectivity index (χ0v) is 15.7. The number of amides is 1. The Kier molecular flexibility index (Phi) is 7.63. The van der Waals surface area contributed by atoms with Gasteiger partial charge in [0.15, 0.2) is 0 Å². The van der Waals surface area contributed by atoms with Crippen molar-refractivity contribution < 1.29 is 14.3 Å². The lowest BCUT2D eigenvalue weighted by atomic mass is 10.1. The number of methoxy groups -OCH3 is 1. The lowest BCUT2D eigenvalue weighted by Crippen LogP contribution is -2.33. The summed E-state index contributed by atoms with van der Waals surface area (Å²) in [4.78, 5) is 12.0. The normalized spacial score (nSPS) is 13.1. The third-order valence-corrected chi connectivity index (χ3v) is 4.25. The fourth-order valence-electron chi connectivity index (χ4n) is 2.67. The van der Waals surface area contributed by atoms with Gasteiger partial charge in [0.25, 0.3) is 0 Å². The molecule has 5 heteroatoms. The summed E-state index contributed by atoms with van der Waals surface area (Å²) in [5.41, 5.74) is 8.93. The first-order valence-electron chi connectivity index (χ1n) is 8.82. The van der Waals surface area contributed by atoms with E-state index in [0.29, 0.717) is 13.2 Å². The van der Waals surface area contributed by atoms with Gasteiger partial charge in [-0.15, -0.1) is 0 Å². The van der Waals surface area contributed by atoms with E-state index in [1.54, 1.807) is 7.11 Å². The van der Waals surface area contributed by atoms with Crippen molar-refractivity contribution in [2.24, 2.45) is 5.73 Å². The van der Waals surface area contributed by atoms with Gasteiger partial charge in [-0.25, -0.2) is 0 Å². The van der Waals surface area contributed by atoms with Crippen LogP contribution in [0.2, 0.25) is 0 Å². The van der Waals surface area contributed by atoms with Gasteiger partial charge in [-0.05, 0) is 37.1 Å². The fourth-order valence-corrected chi connectivity index (χ4v) is 2.67. The minimum Gasteiger partial charge on any atom is -0.489 e. The molecular formula is C21H28N2O3. The van der Waals surface area contributed by atoms with Gasteiger partial charge < -0.3 is 20.5 Å². The molecule has 2 aromatic carbocycles. The van der Waals surface area contributed by atoms with Crippen LogP contribution in [0.1, 0.15) is 36.1 Å². The summed E-state index contributed by atoms with van der Waals surface area (Å²) in [5.74, 6) is 0.728. The van der Waals surface area contributed by atoms with Gasteiger partial charge in [0.1, 0.15) is 12.4 Å². The Morgan fingerprint density at radius 1 is 1.19 bits per heavy atom. The fraction of sp³-hybridized carbons (Fsp3) is 0.381. The van der Waals surface area contributed by atoms with Crippen LogP contribution in [0.3, 0.4) is 0 Å². The van der Waals surface area contributed by atoms with Crippen molar-refractivity contribution in [1.82, 2.24) is 5.32 Å². The number of hydrogen-bond acceptors (Lipinski definition) is 4. The first-order chi connectivity index (χ1) is 12.5. The molecule has 2 rings (SSSR count). The maximum atomic E-state index is 12.0. The molecule has 0 spiro atoms. The standard InChI is InChI=1S/C21H28N2O3/c1-15-5-4-6-17(11-15)14-26-19-9-7-18(8-10-19)16(2)23-21(24)12-20(13-22)25-3/h4-11,16,20H,12-14,22H2,1-3H3,(H,23,24). The Labute approximate surface area is 155 Å². The SMILES string of the molecule is COC(CN)CC(=O)NC(C)c1ccc(OCc2cccc(C)c2)cc1. The highest BCUT2D eigenvalue weighted by atomic mass is 16.5. The second-order valence-electron chi connectivity index (χ2n) is 6.43. The molecule has 0 aliphatic carbocycles. The Hall–Kier alpha value is -2.37. The van der Waals surface area contributed by atoms with Crippen LogP contribution in [0.4, 0.5) is 0 Å². The van der Waals surface area contributed by atoms with Crippen molar-refractivity contribution in [2.75, 3.05) is 13.7 Å². The van der Waals surface area contributed by atoms with Gasteiger partial charge in [0.05, 0.1) is 18.6 Å². The van der Waals surface area contributed by atoms with Crippen LogP contribution < -0.4 is 15.8 Å². The molecule has 0 saturated heterocycles. The first kappa shape index (κ1) is 19.9. The van der Waals surface area contributed by atoms with Crippen molar-refractivity contribution in [1.29, 1.82) is 0 Å². The van der Waals surface area contributed by atoms with Crippen LogP contribution in [0.15, 0.2) is 48.5 Å². The Morgan fingerprint density at radius 3 is 2.54 bits per heavy atom. The van der Waals surface area contributed by atoms with Gasteiger partial charge in [-0.1, -0.05) is 42.0 Å². The summed E-state index contributed by atoms with van der Waals surface area (Å²) in [6.45, 7) is 4.87. The maximum Gasteiger partial charge on any atom is 0.223 e. The van der Waals surface area contributed by atoms with E-state index in [2.05, 4.69) is 24.4 Å². The van der Waals surface area contributed by atoms with Crippen LogP contribution in [0.5, 0.6) is 5.75 Å². The van der Waals surface area contributed by atoms with E-state index in [1.807, 2.05) is 43.3 Å². The molecule has 2 aromatic rings. The third kappa shape index (κ3) is 6.17. The molecule has 0 aliphatic rings. The molecule has 3 N–H and O–H groups in total. The predicted molar refractivity (Wildman–Crippen MR) is 103 cm³/mol. The number of benzene rings is 2. The van der Waals surface area contributed by atoms with Crippen molar-refractivity contribution in [2.45, 2.75) is 39.0 Å². The average Bonchev–Trinajstić information content (AvgIpc) is 2.65. The van der Waals surface area contributed by atoms with E-state index in [9.17, 15) is 4.79 Å². The predicted octanol–water partition coefficient (Wildman–Crippen LogP) is 3.12. The van der Waals surface area contributed by atoms with Crippen LogP contribution >= 0.6 is 0 Å². The summed E-state index contributed by atoms with van der Waals surface area (Å²) < 4.78 is 11.0. The molecule has 0 aromatic heterocycles. The number of nitrogens with two attached hydrogens (primary N) is 1. The molecule has 0 saturated carbocycles. The molecule has 0 aliphatic heterocycles. The Morgan fingerprint density at radius 2 is 1.92 bits per heavy atom. The highest BCUT2D eigenvalue weighted by molar-refractivity contribution is 5.77. The number of hydrogen-bond donors (Lipinski definition) is 2. The molecule has 1 amide bonds. The van der Waals surface area contributed by atoms with Crippen LogP contribution in [0, 0.1) is 6.92 Å². The number of nitrogens with one attached hydrogen (secondary N) is 1. The summed E-state index contributed by atoms with van der Waals surface area (Å²) in [6, 6.07) is 15.9. The second-order valence-corrected chi connectivity index (χ2v) is 6.43. The highest BCUT2D eigenvalue weighted by Gasteiger charge is 2.14. The maximum absolute atomic E-state index is 12.0. The molecule has 0 radical (unpaired) electrons. The lowest BCUT2D eigenvalue weighted by Gasteiger charge is -2.17. The first-order valence-corrected chi connectivity index (χ1v) is 8.82. The molecule has 2 atom stereocenters. The molecule has 0 fully saturated rings. The topological polar surface area (TPSA) is 73.6 Å². The molecule has 0 bridgehead atoms. The quantitative estimate of drug-likeness (QED) is 0.724.